The summed E-state index contributed by atoms with van der Waals surface area (Å²) in [4.78, 5) is 11.1. The lowest BCUT2D eigenvalue weighted by Gasteiger charge is -2.16. The Balaban J connectivity index is 2.87. The van der Waals surface area contributed by atoms with E-state index in [0.29, 0.717) is 5.75 Å². The summed E-state index contributed by atoms with van der Waals surface area (Å²) in [7, 11) is 0.120. The predicted molar refractivity (Wildman–Crippen MR) is 78.8 cm³/mol. The van der Waals surface area contributed by atoms with Gasteiger partial charge in [-0.25, -0.2) is 0 Å². The Labute approximate surface area is 123 Å². The standard InChI is InChI=1S/C13H17BrO4S/c1-8(2)12(13(15)16)19(17)7-9-4-5-11(18-3)10(14)6-9/h4-6,8,12H,7H2,1-3H3,(H,15,16). The number of ether oxygens (including phenoxy) is 1. The van der Waals surface area contributed by atoms with E-state index in [1.807, 2.05) is 0 Å². The number of carbonyl (C=O) groups is 1. The van der Waals surface area contributed by atoms with E-state index in [2.05, 4.69) is 15.9 Å². The smallest absolute Gasteiger partial charge is 0.319 e. The monoisotopic (exact) mass is 348 g/mol. The van der Waals surface area contributed by atoms with Gasteiger partial charge in [-0.2, -0.15) is 0 Å². The molecule has 0 saturated carbocycles. The molecule has 0 aliphatic carbocycles. The Morgan fingerprint density at radius 3 is 2.53 bits per heavy atom. The number of hydrogen-bond donors (Lipinski definition) is 1. The second kappa shape index (κ2) is 7.05. The second-order valence-electron chi connectivity index (χ2n) is 4.50. The number of rotatable bonds is 6. The van der Waals surface area contributed by atoms with E-state index in [4.69, 9.17) is 9.84 Å². The van der Waals surface area contributed by atoms with Gasteiger partial charge in [-0.1, -0.05) is 19.9 Å². The molecule has 4 nitrogen and oxygen atoms in total. The summed E-state index contributed by atoms with van der Waals surface area (Å²) in [5, 5.41) is 8.26. The highest BCUT2D eigenvalue weighted by Crippen LogP contribution is 2.26. The van der Waals surface area contributed by atoms with Gasteiger partial charge in [0.1, 0.15) is 11.0 Å². The molecule has 0 aromatic heterocycles. The zero-order chi connectivity index (χ0) is 14.6. The molecule has 2 atom stereocenters. The molecule has 2 unspecified atom stereocenters. The lowest BCUT2D eigenvalue weighted by atomic mass is 10.1. The Morgan fingerprint density at radius 2 is 2.11 bits per heavy atom. The van der Waals surface area contributed by atoms with E-state index in [9.17, 15) is 9.00 Å². The molecule has 0 radical (unpaired) electrons. The minimum absolute atomic E-state index is 0.167. The molecule has 0 spiro atoms. The van der Waals surface area contributed by atoms with Crippen molar-refractivity contribution >= 4 is 32.7 Å². The first kappa shape index (κ1) is 16.2. The summed E-state index contributed by atoms with van der Waals surface area (Å²) in [6.07, 6.45) is 0. The maximum absolute atomic E-state index is 12.1. The van der Waals surface area contributed by atoms with Crippen molar-refractivity contribution < 1.29 is 18.8 Å². The normalized spacial score (nSPS) is 14.2. The first-order chi connectivity index (χ1) is 8.86. The van der Waals surface area contributed by atoms with Crippen LogP contribution in [-0.4, -0.2) is 27.6 Å². The molecule has 0 aliphatic rings. The van der Waals surface area contributed by atoms with E-state index in [1.165, 1.54) is 0 Å². The number of aliphatic carboxylic acids is 1. The Hall–Kier alpha value is -0.880. The molecule has 0 aliphatic heterocycles. The average molecular weight is 349 g/mol. The van der Waals surface area contributed by atoms with Crippen LogP contribution in [0.3, 0.4) is 0 Å². The molecular formula is C13H17BrO4S. The predicted octanol–water partition coefficient (Wildman–Crippen LogP) is 2.82. The van der Waals surface area contributed by atoms with E-state index < -0.39 is 22.0 Å². The van der Waals surface area contributed by atoms with Gasteiger partial charge < -0.3 is 9.84 Å². The lowest BCUT2D eigenvalue weighted by molar-refractivity contribution is -0.137. The van der Waals surface area contributed by atoms with E-state index >= 15 is 0 Å². The number of carboxylic acid groups (broad SMARTS) is 1. The van der Waals surface area contributed by atoms with Gasteiger partial charge in [-0.05, 0) is 39.5 Å². The molecule has 19 heavy (non-hydrogen) atoms. The van der Waals surface area contributed by atoms with Crippen molar-refractivity contribution in [2.24, 2.45) is 5.92 Å². The van der Waals surface area contributed by atoms with Crippen molar-refractivity contribution in [2.45, 2.75) is 24.9 Å². The molecule has 0 amide bonds. The highest BCUT2D eigenvalue weighted by atomic mass is 79.9. The van der Waals surface area contributed by atoms with Gasteiger partial charge in [0, 0.05) is 16.6 Å². The maximum Gasteiger partial charge on any atom is 0.319 e. The Bertz CT molecular complexity index is 488. The molecular weight excluding hydrogens is 332 g/mol. The van der Waals surface area contributed by atoms with Crippen LogP contribution in [0.4, 0.5) is 0 Å². The lowest BCUT2D eigenvalue weighted by Crippen LogP contribution is -2.31. The number of carboxylic acids is 1. The molecule has 0 bridgehead atoms. The van der Waals surface area contributed by atoms with Crippen LogP contribution in [0.1, 0.15) is 19.4 Å². The topological polar surface area (TPSA) is 63.6 Å². The third-order valence-corrected chi connectivity index (χ3v) is 5.21. The first-order valence-electron chi connectivity index (χ1n) is 5.79. The molecule has 1 N–H and O–H groups in total. The summed E-state index contributed by atoms with van der Waals surface area (Å²) >= 11 is 3.35. The van der Waals surface area contributed by atoms with Crippen LogP contribution >= 0.6 is 15.9 Å². The average Bonchev–Trinajstić information content (AvgIpc) is 2.27. The van der Waals surface area contributed by atoms with Crippen molar-refractivity contribution in [3.05, 3.63) is 28.2 Å². The molecule has 0 saturated heterocycles. The Kier molecular flexibility index (Phi) is 6.00. The molecule has 6 heteroatoms. The van der Waals surface area contributed by atoms with Gasteiger partial charge in [0.05, 0.1) is 11.6 Å². The molecule has 1 rings (SSSR count). The maximum atomic E-state index is 12.1. The second-order valence-corrected chi connectivity index (χ2v) is 6.91. The van der Waals surface area contributed by atoms with Crippen LogP contribution in [0.5, 0.6) is 5.75 Å². The van der Waals surface area contributed by atoms with E-state index in [1.54, 1.807) is 39.2 Å². The van der Waals surface area contributed by atoms with Gasteiger partial charge in [0.25, 0.3) is 0 Å². The van der Waals surface area contributed by atoms with Gasteiger partial charge in [-0.3, -0.25) is 9.00 Å². The van der Waals surface area contributed by atoms with Crippen molar-refractivity contribution in [3.63, 3.8) is 0 Å². The molecule has 1 aromatic carbocycles. The largest absolute Gasteiger partial charge is 0.496 e. The van der Waals surface area contributed by atoms with Crippen LogP contribution in [-0.2, 0) is 21.3 Å². The van der Waals surface area contributed by atoms with Gasteiger partial charge >= 0.3 is 5.97 Å². The molecule has 1 aromatic rings. The van der Waals surface area contributed by atoms with Crippen molar-refractivity contribution in [1.29, 1.82) is 0 Å². The summed E-state index contributed by atoms with van der Waals surface area (Å²) in [6.45, 7) is 3.53. The third kappa shape index (κ3) is 4.31. The Morgan fingerprint density at radius 1 is 1.47 bits per heavy atom. The molecule has 106 valence electrons. The van der Waals surface area contributed by atoms with Crippen LogP contribution < -0.4 is 4.74 Å². The van der Waals surface area contributed by atoms with Gasteiger partial charge in [0.2, 0.25) is 0 Å². The van der Waals surface area contributed by atoms with Gasteiger partial charge in [0.15, 0.2) is 0 Å². The van der Waals surface area contributed by atoms with Crippen molar-refractivity contribution in [3.8, 4) is 5.75 Å². The summed E-state index contributed by atoms with van der Waals surface area (Å²) in [5.74, 6) is -0.272. The van der Waals surface area contributed by atoms with Gasteiger partial charge in [-0.15, -0.1) is 0 Å². The number of methoxy groups -OCH3 is 1. The van der Waals surface area contributed by atoms with E-state index in [-0.39, 0.29) is 11.7 Å². The van der Waals surface area contributed by atoms with Crippen molar-refractivity contribution in [1.82, 2.24) is 0 Å². The van der Waals surface area contributed by atoms with E-state index in [0.717, 1.165) is 10.0 Å². The van der Waals surface area contributed by atoms with Crippen LogP contribution in [0.2, 0.25) is 0 Å². The summed E-state index contributed by atoms with van der Waals surface area (Å²) < 4.78 is 18.0. The minimum Gasteiger partial charge on any atom is -0.496 e. The van der Waals surface area contributed by atoms with Crippen LogP contribution in [0.25, 0.3) is 0 Å². The zero-order valence-corrected chi connectivity index (χ0v) is 13.5. The molecule has 0 heterocycles. The fourth-order valence-corrected chi connectivity index (χ4v) is 3.86. The summed E-state index contributed by atoms with van der Waals surface area (Å²) in [5.41, 5.74) is 0.818. The number of benzene rings is 1. The zero-order valence-electron chi connectivity index (χ0n) is 11.1. The highest BCUT2D eigenvalue weighted by Gasteiger charge is 2.28. The first-order valence-corrected chi connectivity index (χ1v) is 7.96. The van der Waals surface area contributed by atoms with Crippen molar-refractivity contribution in [2.75, 3.05) is 7.11 Å². The number of halogens is 1. The number of hydrogen-bond acceptors (Lipinski definition) is 3. The third-order valence-electron chi connectivity index (χ3n) is 2.66. The fraction of sp³-hybridized carbons (Fsp3) is 0.462. The SMILES string of the molecule is COc1ccc(CS(=O)C(C(=O)O)C(C)C)cc1Br. The minimum atomic E-state index is -1.45. The highest BCUT2D eigenvalue weighted by molar-refractivity contribution is 9.10. The van der Waals surface area contributed by atoms with Crippen LogP contribution in [0, 0.1) is 5.92 Å². The summed E-state index contributed by atoms with van der Waals surface area (Å²) in [6, 6.07) is 5.36. The van der Waals surface area contributed by atoms with Crippen LogP contribution in [0.15, 0.2) is 22.7 Å². The quantitative estimate of drug-likeness (QED) is 0.858. The molecule has 0 fully saturated rings. The fourth-order valence-electron chi connectivity index (χ4n) is 1.75.